The molecule has 0 bridgehead atoms. The molecule has 6 rings (SSSR count). The summed E-state index contributed by atoms with van der Waals surface area (Å²) in [5.74, 6) is 0.568. The van der Waals surface area contributed by atoms with Crippen LogP contribution in [-0.2, 0) is 5.75 Å². The molecule has 0 saturated carbocycles. The van der Waals surface area contributed by atoms with Gasteiger partial charge >= 0.3 is 0 Å². The van der Waals surface area contributed by atoms with Crippen molar-refractivity contribution in [3.05, 3.63) is 108 Å². The van der Waals surface area contributed by atoms with Gasteiger partial charge in [-0.1, -0.05) is 66.0 Å². The molecule has 5 aromatic rings. The normalized spacial score (nSPS) is 12.5. The minimum Gasteiger partial charge on any atom is -0.354 e. The summed E-state index contributed by atoms with van der Waals surface area (Å²) in [5, 5.41) is 7.85. The largest absolute Gasteiger partial charge is 0.354 e. The number of nitrogens with one attached hydrogen (secondary N) is 2. The zero-order chi connectivity index (χ0) is 25.2. The number of carbonyl (C=O) groups is 1. The molecule has 2 N–H and O–H groups in total. The molecule has 0 saturated heterocycles. The van der Waals surface area contributed by atoms with Gasteiger partial charge in [-0.05, 0) is 66.6 Å². The molecule has 1 aliphatic rings. The van der Waals surface area contributed by atoms with E-state index in [0.717, 1.165) is 43.8 Å². The number of hydrogen-bond donors (Lipinski definition) is 2. The average Bonchev–Trinajstić information content (AvgIpc) is 3.36. The van der Waals surface area contributed by atoms with Gasteiger partial charge in [0.2, 0.25) is 0 Å². The number of hydrazone groups is 1. The second-order valence-corrected chi connectivity index (χ2v) is 11.8. The Labute approximate surface area is 227 Å². The lowest BCUT2D eigenvalue weighted by molar-refractivity contribution is 0.0955. The number of thioether (sulfide) groups is 1. The van der Waals surface area contributed by atoms with Gasteiger partial charge in [0.15, 0.2) is 4.34 Å². The molecule has 0 fully saturated rings. The molecule has 0 spiro atoms. The van der Waals surface area contributed by atoms with Crippen molar-refractivity contribution in [3.63, 3.8) is 0 Å². The summed E-state index contributed by atoms with van der Waals surface area (Å²) in [7, 11) is 0. The van der Waals surface area contributed by atoms with Crippen molar-refractivity contribution in [2.24, 2.45) is 5.10 Å². The Kier molecular flexibility index (Phi) is 6.70. The first-order valence-electron chi connectivity index (χ1n) is 11.7. The third-order valence-electron chi connectivity index (χ3n) is 5.95. The lowest BCUT2D eigenvalue weighted by Gasteiger charge is -2.21. The van der Waals surface area contributed by atoms with Gasteiger partial charge < -0.3 is 5.32 Å². The van der Waals surface area contributed by atoms with Gasteiger partial charge in [0.25, 0.3) is 5.91 Å². The second kappa shape index (κ2) is 10.4. The Balaban J connectivity index is 1.07. The Bertz CT molecular complexity index is 1610. The van der Waals surface area contributed by atoms with Crippen LogP contribution in [0.1, 0.15) is 28.4 Å². The van der Waals surface area contributed by atoms with Gasteiger partial charge in [-0.25, -0.2) is 10.4 Å². The number of amides is 1. The van der Waals surface area contributed by atoms with Crippen LogP contribution in [0.25, 0.3) is 10.2 Å². The van der Waals surface area contributed by atoms with Crippen molar-refractivity contribution in [1.29, 1.82) is 0 Å². The van der Waals surface area contributed by atoms with Crippen LogP contribution in [0.5, 0.6) is 0 Å². The number of anilines is 2. The number of fused-ring (bicyclic) bond motifs is 3. The van der Waals surface area contributed by atoms with Gasteiger partial charge in [0.05, 0.1) is 27.3 Å². The van der Waals surface area contributed by atoms with E-state index in [1.165, 1.54) is 14.5 Å². The van der Waals surface area contributed by atoms with E-state index in [4.69, 9.17) is 0 Å². The fraction of sp³-hybridized carbons (Fsp3) is 0.0690. The highest BCUT2D eigenvalue weighted by atomic mass is 32.2. The quantitative estimate of drug-likeness (QED) is 0.128. The van der Waals surface area contributed by atoms with E-state index < -0.39 is 0 Å². The first kappa shape index (κ1) is 23.8. The maximum absolute atomic E-state index is 12.7. The third-order valence-corrected chi connectivity index (χ3v) is 9.35. The summed E-state index contributed by atoms with van der Waals surface area (Å²) in [6, 6.07) is 30.3. The predicted octanol–water partition coefficient (Wildman–Crippen LogP) is 7.95. The Morgan fingerprint density at radius 1 is 0.919 bits per heavy atom. The third kappa shape index (κ3) is 5.27. The van der Waals surface area contributed by atoms with E-state index in [2.05, 4.69) is 51.2 Å². The number of hydrogen-bond acceptors (Lipinski definition) is 7. The molecule has 0 radical (unpaired) electrons. The summed E-state index contributed by atoms with van der Waals surface area (Å²) in [6.45, 7) is 1.90. The van der Waals surface area contributed by atoms with Gasteiger partial charge in [-0.2, -0.15) is 5.10 Å². The predicted molar refractivity (Wildman–Crippen MR) is 156 cm³/mol. The second-order valence-electron chi connectivity index (χ2n) is 8.51. The SMILES string of the molecule is CC(=NNC(=O)c1ccc(CSc2nc3ccccc3s2)cc1)c1ccc2c(c1)Nc1ccccc1S2. The summed E-state index contributed by atoms with van der Waals surface area (Å²) in [6.07, 6.45) is 0. The highest BCUT2D eigenvalue weighted by Gasteiger charge is 2.16. The van der Waals surface area contributed by atoms with Crippen molar-refractivity contribution in [3.8, 4) is 0 Å². The summed E-state index contributed by atoms with van der Waals surface area (Å²) in [4.78, 5) is 19.7. The van der Waals surface area contributed by atoms with Crippen molar-refractivity contribution in [1.82, 2.24) is 10.4 Å². The van der Waals surface area contributed by atoms with E-state index in [1.54, 1.807) is 34.9 Å². The zero-order valence-electron chi connectivity index (χ0n) is 19.9. The molecule has 37 heavy (non-hydrogen) atoms. The molecular weight excluding hydrogens is 517 g/mol. The highest BCUT2D eigenvalue weighted by Crippen LogP contribution is 2.44. The maximum atomic E-state index is 12.7. The lowest BCUT2D eigenvalue weighted by Crippen LogP contribution is -2.19. The van der Waals surface area contributed by atoms with E-state index in [1.807, 2.05) is 67.6 Å². The molecule has 0 atom stereocenters. The monoisotopic (exact) mass is 538 g/mol. The van der Waals surface area contributed by atoms with Crippen molar-refractivity contribution in [2.45, 2.75) is 26.8 Å². The summed E-state index contributed by atoms with van der Waals surface area (Å²) < 4.78 is 2.25. The molecule has 1 amide bonds. The molecule has 0 aliphatic carbocycles. The first-order chi connectivity index (χ1) is 18.1. The molecule has 8 heteroatoms. The number of para-hydroxylation sites is 2. The van der Waals surface area contributed by atoms with Crippen LogP contribution in [0.3, 0.4) is 0 Å². The fourth-order valence-electron chi connectivity index (χ4n) is 3.94. The van der Waals surface area contributed by atoms with E-state index >= 15 is 0 Å². The van der Waals surface area contributed by atoms with E-state index in [9.17, 15) is 4.79 Å². The van der Waals surface area contributed by atoms with Crippen molar-refractivity contribution < 1.29 is 4.79 Å². The van der Waals surface area contributed by atoms with Crippen molar-refractivity contribution >= 4 is 68.1 Å². The minimum atomic E-state index is -0.231. The van der Waals surface area contributed by atoms with Crippen LogP contribution in [0.2, 0.25) is 0 Å². The number of benzene rings is 4. The zero-order valence-corrected chi connectivity index (χ0v) is 22.3. The lowest BCUT2D eigenvalue weighted by atomic mass is 10.1. The van der Waals surface area contributed by atoms with Gasteiger partial charge in [0, 0.05) is 21.1 Å². The smallest absolute Gasteiger partial charge is 0.271 e. The number of nitrogens with zero attached hydrogens (tertiary/aromatic N) is 2. The molecule has 1 aromatic heterocycles. The van der Waals surface area contributed by atoms with E-state index in [-0.39, 0.29) is 5.91 Å². The van der Waals surface area contributed by atoms with Crippen LogP contribution in [0.4, 0.5) is 11.4 Å². The molecule has 5 nitrogen and oxygen atoms in total. The van der Waals surface area contributed by atoms with Crippen LogP contribution in [0, 0.1) is 0 Å². The van der Waals surface area contributed by atoms with Crippen LogP contribution in [-0.4, -0.2) is 16.6 Å². The topological polar surface area (TPSA) is 66.4 Å². The number of rotatable bonds is 6. The minimum absolute atomic E-state index is 0.231. The van der Waals surface area contributed by atoms with Gasteiger partial charge in [0.1, 0.15) is 0 Å². The molecule has 182 valence electrons. The van der Waals surface area contributed by atoms with Crippen LogP contribution in [0.15, 0.2) is 110 Å². The Morgan fingerprint density at radius 2 is 1.68 bits per heavy atom. The van der Waals surface area contributed by atoms with E-state index in [0.29, 0.717) is 5.56 Å². The molecular formula is C29H22N4OS3. The van der Waals surface area contributed by atoms with Crippen LogP contribution < -0.4 is 10.7 Å². The summed E-state index contributed by atoms with van der Waals surface area (Å²) in [5.41, 5.74) is 9.28. The Morgan fingerprint density at radius 3 is 2.54 bits per heavy atom. The van der Waals surface area contributed by atoms with Crippen LogP contribution >= 0.6 is 34.9 Å². The standard InChI is InChI=1S/C29H22N4OS3/c1-18(21-14-15-27-24(16-21)30-22-6-2-4-8-25(22)36-27)32-33-28(34)20-12-10-19(11-13-20)17-35-29-31-23-7-3-5-9-26(23)37-29/h2-16,30H,17H2,1H3,(H,33,34). The van der Waals surface area contributed by atoms with Crippen molar-refractivity contribution in [2.75, 3.05) is 5.32 Å². The average molecular weight is 539 g/mol. The van der Waals surface area contributed by atoms with Gasteiger partial charge in [-0.15, -0.1) is 11.3 Å². The molecule has 0 unspecified atom stereocenters. The summed E-state index contributed by atoms with van der Waals surface area (Å²) >= 11 is 5.16. The number of aromatic nitrogens is 1. The van der Waals surface area contributed by atoms with Gasteiger partial charge in [-0.3, -0.25) is 4.79 Å². The maximum Gasteiger partial charge on any atom is 0.271 e. The number of carbonyl (C=O) groups excluding carboxylic acids is 1. The highest BCUT2D eigenvalue weighted by molar-refractivity contribution is 8.00. The molecule has 2 heterocycles. The first-order valence-corrected chi connectivity index (χ1v) is 14.3. The fourth-order valence-corrected chi connectivity index (χ4v) is 6.93. The Hall–Kier alpha value is -3.59. The molecule has 4 aromatic carbocycles. The number of thiazole rings is 1. The molecule has 1 aliphatic heterocycles.